The van der Waals surface area contributed by atoms with Crippen LogP contribution in [0.3, 0.4) is 0 Å². The smallest absolute Gasteiger partial charge is 0.318 e. The number of aliphatic carboxylic acids is 1. The van der Waals surface area contributed by atoms with Crippen molar-refractivity contribution in [1.29, 1.82) is 0 Å². The molecule has 21 heavy (non-hydrogen) atoms. The highest BCUT2D eigenvalue weighted by Gasteiger charge is 2.29. The van der Waals surface area contributed by atoms with E-state index in [-0.39, 0.29) is 18.1 Å². The first-order chi connectivity index (χ1) is 10.1. The Morgan fingerprint density at radius 2 is 2.05 bits per heavy atom. The number of nitrogens with one attached hydrogen (secondary N) is 2. The Balaban J connectivity index is 1.90. The SMILES string of the molecule is CCCN(C(=O)NC1C=CC(C(=O)O)C1)C1CCNCC1. The number of piperidine rings is 1. The van der Waals surface area contributed by atoms with E-state index in [9.17, 15) is 9.59 Å². The fourth-order valence-electron chi connectivity index (χ4n) is 3.04. The fourth-order valence-corrected chi connectivity index (χ4v) is 3.04. The quantitative estimate of drug-likeness (QED) is 0.665. The van der Waals surface area contributed by atoms with Gasteiger partial charge in [-0.3, -0.25) is 4.79 Å². The van der Waals surface area contributed by atoms with Crippen LogP contribution >= 0.6 is 0 Å². The van der Waals surface area contributed by atoms with Gasteiger partial charge in [-0.15, -0.1) is 0 Å². The third-order valence-electron chi connectivity index (χ3n) is 4.18. The van der Waals surface area contributed by atoms with Gasteiger partial charge < -0.3 is 20.6 Å². The number of urea groups is 1. The molecule has 0 bridgehead atoms. The lowest BCUT2D eigenvalue weighted by Crippen LogP contribution is -2.52. The molecule has 1 fully saturated rings. The maximum Gasteiger partial charge on any atom is 0.318 e. The summed E-state index contributed by atoms with van der Waals surface area (Å²) in [4.78, 5) is 25.3. The molecular weight excluding hydrogens is 270 g/mol. The first-order valence-electron chi connectivity index (χ1n) is 7.80. The zero-order valence-electron chi connectivity index (χ0n) is 12.5. The molecule has 2 atom stereocenters. The third kappa shape index (κ3) is 4.20. The van der Waals surface area contributed by atoms with E-state index in [0.717, 1.165) is 38.9 Å². The van der Waals surface area contributed by atoms with Crippen LogP contribution < -0.4 is 10.6 Å². The zero-order chi connectivity index (χ0) is 15.2. The number of carbonyl (C=O) groups excluding carboxylic acids is 1. The van der Waals surface area contributed by atoms with Gasteiger partial charge >= 0.3 is 12.0 Å². The van der Waals surface area contributed by atoms with E-state index in [0.29, 0.717) is 6.42 Å². The molecular formula is C15H25N3O3. The predicted molar refractivity (Wildman–Crippen MR) is 80.1 cm³/mol. The van der Waals surface area contributed by atoms with Gasteiger partial charge in [0.05, 0.1) is 12.0 Å². The first kappa shape index (κ1) is 15.8. The molecule has 6 heteroatoms. The molecule has 2 aliphatic rings. The second-order valence-corrected chi connectivity index (χ2v) is 5.80. The molecule has 118 valence electrons. The molecule has 1 aliphatic heterocycles. The Bertz CT molecular complexity index is 405. The zero-order valence-corrected chi connectivity index (χ0v) is 12.5. The van der Waals surface area contributed by atoms with E-state index >= 15 is 0 Å². The molecule has 0 aromatic rings. The Hall–Kier alpha value is -1.56. The van der Waals surface area contributed by atoms with E-state index in [1.165, 1.54) is 0 Å². The Morgan fingerprint density at radius 3 is 2.62 bits per heavy atom. The number of carboxylic acid groups (broad SMARTS) is 1. The van der Waals surface area contributed by atoms with Crippen molar-refractivity contribution in [2.24, 2.45) is 5.92 Å². The van der Waals surface area contributed by atoms with Crippen LogP contribution in [0.4, 0.5) is 4.79 Å². The summed E-state index contributed by atoms with van der Waals surface area (Å²) in [6.07, 6.45) is 6.80. The summed E-state index contributed by atoms with van der Waals surface area (Å²) in [6, 6.07) is 0.0518. The summed E-state index contributed by atoms with van der Waals surface area (Å²) in [6.45, 7) is 4.71. The number of nitrogens with zero attached hydrogens (tertiary/aromatic N) is 1. The van der Waals surface area contributed by atoms with Crippen LogP contribution in [0.15, 0.2) is 12.2 Å². The monoisotopic (exact) mass is 295 g/mol. The van der Waals surface area contributed by atoms with Gasteiger partial charge in [-0.1, -0.05) is 19.1 Å². The molecule has 2 unspecified atom stereocenters. The molecule has 0 aromatic heterocycles. The van der Waals surface area contributed by atoms with Gasteiger partial charge in [0.2, 0.25) is 0 Å². The minimum atomic E-state index is -0.827. The van der Waals surface area contributed by atoms with Gasteiger partial charge in [0.15, 0.2) is 0 Å². The Labute approximate surface area is 125 Å². The molecule has 6 nitrogen and oxygen atoms in total. The lowest BCUT2D eigenvalue weighted by molar-refractivity contribution is -0.140. The Morgan fingerprint density at radius 1 is 1.33 bits per heavy atom. The van der Waals surface area contributed by atoms with Gasteiger partial charge in [-0.25, -0.2) is 4.79 Å². The Kier molecular flexibility index (Phi) is 5.61. The van der Waals surface area contributed by atoms with E-state index in [2.05, 4.69) is 17.6 Å². The number of hydrogen-bond acceptors (Lipinski definition) is 3. The molecule has 0 aromatic carbocycles. The maximum atomic E-state index is 12.5. The van der Waals surface area contributed by atoms with Crippen molar-refractivity contribution in [3.63, 3.8) is 0 Å². The largest absolute Gasteiger partial charge is 0.481 e. The van der Waals surface area contributed by atoms with Crippen LogP contribution in [0.2, 0.25) is 0 Å². The van der Waals surface area contributed by atoms with Crippen molar-refractivity contribution in [3.8, 4) is 0 Å². The van der Waals surface area contributed by atoms with Crippen LogP contribution in [-0.2, 0) is 4.79 Å². The first-order valence-corrected chi connectivity index (χ1v) is 7.80. The predicted octanol–water partition coefficient (Wildman–Crippen LogP) is 1.19. The summed E-state index contributed by atoms with van der Waals surface area (Å²) >= 11 is 0. The molecule has 2 amide bonds. The van der Waals surface area contributed by atoms with E-state index in [1.54, 1.807) is 12.2 Å². The van der Waals surface area contributed by atoms with Crippen molar-refractivity contribution >= 4 is 12.0 Å². The van der Waals surface area contributed by atoms with Crippen molar-refractivity contribution in [2.75, 3.05) is 19.6 Å². The van der Waals surface area contributed by atoms with Crippen LogP contribution in [0.25, 0.3) is 0 Å². The molecule has 0 spiro atoms. The van der Waals surface area contributed by atoms with E-state index < -0.39 is 11.9 Å². The molecule has 1 aliphatic carbocycles. The normalized spacial score (nSPS) is 25.8. The standard InChI is InChI=1S/C15H25N3O3/c1-2-9-18(13-5-7-16-8-6-13)15(21)17-12-4-3-11(10-12)14(19)20/h3-4,11-13,16H,2,5-10H2,1H3,(H,17,21)(H,19,20). The highest BCUT2D eigenvalue weighted by atomic mass is 16.4. The molecule has 2 rings (SSSR count). The van der Waals surface area contributed by atoms with E-state index in [1.807, 2.05) is 4.90 Å². The number of carboxylic acids is 1. The second-order valence-electron chi connectivity index (χ2n) is 5.80. The number of carbonyl (C=O) groups is 2. The number of hydrogen-bond donors (Lipinski definition) is 3. The number of rotatable bonds is 5. The average Bonchev–Trinajstić information content (AvgIpc) is 2.94. The van der Waals surface area contributed by atoms with Crippen molar-refractivity contribution in [2.45, 2.75) is 44.7 Å². The molecule has 0 saturated carbocycles. The third-order valence-corrected chi connectivity index (χ3v) is 4.18. The molecule has 0 radical (unpaired) electrons. The molecule has 1 heterocycles. The minimum absolute atomic E-state index is 0.0653. The van der Waals surface area contributed by atoms with Crippen molar-refractivity contribution < 1.29 is 14.7 Å². The summed E-state index contributed by atoms with van der Waals surface area (Å²) in [5.41, 5.74) is 0. The van der Waals surface area contributed by atoms with Crippen LogP contribution in [-0.4, -0.2) is 53.7 Å². The van der Waals surface area contributed by atoms with Gasteiger partial charge in [0, 0.05) is 12.6 Å². The number of amides is 2. The lowest BCUT2D eigenvalue weighted by Gasteiger charge is -2.35. The molecule has 3 N–H and O–H groups in total. The minimum Gasteiger partial charge on any atom is -0.481 e. The summed E-state index contributed by atoms with van der Waals surface area (Å²) in [7, 11) is 0. The van der Waals surface area contributed by atoms with Gasteiger partial charge in [0.1, 0.15) is 0 Å². The lowest BCUT2D eigenvalue weighted by atomic mass is 10.0. The second kappa shape index (κ2) is 7.45. The van der Waals surface area contributed by atoms with Crippen molar-refractivity contribution in [1.82, 2.24) is 15.5 Å². The van der Waals surface area contributed by atoms with Crippen LogP contribution in [0.5, 0.6) is 0 Å². The van der Waals surface area contributed by atoms with E-state index in [4.69, 9.17) is 5.11 Å². The average molecular weight is 295 g/mol. The summed E-state index contributed by atoms with van der Waals surface area (Å²) < 4.78 is 0. The van der Waals surface area contributed by atoms with Gasteiger partial charge in [-0.2, -0.15) is 0 Å². The fraction of sp³-hybridized carbons (Fsp3) is 0.733. The van der Waals surface area contributed by atoms with Gasteiger partial charge in [0.25, 0.3) is 0 Å². The summed E-state index contributed by atoms with van der Waals surface area (Å²) in [5.74, 6) is -1.31. The highest BCUT2D eigenvalue weighted by Crippen LogP contribution is 2.19. The van der Waals surface area contributed by atoms with Crippen LogP contribution in [0, 0.1) is 5.92 Å². The maximum absolute atomic E-state index is 12.5. The van der Waals surface area contributed by atoms with Crippen molar-refractivity contribution in [3.05, 3.63) is 12.2 Å². The topological polar surface area (TPSA) is 81.7 Å². The van der Waals surface area contributed by atoms with Gasteiger partial charge in [-0.05, 0) is 38.8 Å². The molecule has 1 saturated heterocycles. The van der Waals surface area contributed by atoms with Crippen LogP contribution in [0.1, 0.15) is 32.6 Å². The summed E-state index contributed by atoms with van der Waals surface area (Å²) in [5, 5.41) is 15.3. The highest BCUT2D eigenvalue weighted by molar-refractivity contribution is 5.76.